The molecule has 1 aromatic carbocycles. The summed E-state index contributed by atoms with van der Waals surface area (Å²) in [5.41, 5.74) is -0.164. The summed E-state index contributed by atoms with van der Waals surface area (Å²) in [6.07, 6.45) is -0.131. The first-order chi connectivity index (χ1) is 10.8. The van der Waals surface area contributed by atoms with Crippen LogP contribution in [-0.2, 0) is 19.1 Å². The molecule has 1 amide bonds. The molecule has 1 rings (SSSR count). The monoisotopic (exact) mass is 329 g/mol. The van der Waals surface area contributed by atoms with Gasteiger partial charge in [0.05, 0.1) is 20.6 Å². The Labute approximate surface area is 131 Å². The molecule has 0 bridgehead atoms. The van der Waals surface area contributed by atoms with Gasteiger partial charge in [-0.15, -0.1) is 0 Å². The minimum atomic E-state index is -1.19. The van der Waals surface area contributed by atoms with Gasteiger partial charge in [0.1, 0.15) is 6.04 Å². The van der Waals surface area contributed by atoms with Crippen LogP contribution in [0.2, 0.25) is 0 Å². The van der Waals surface area contributed by atoms with E-state index in [4.69, 9.17) is 0 Å². The summed E-state index contributed by atoms with van der Waals surface area (Å²) >= 11 is 0. The number of carbonyl (C=O) groups is 3. The number of benzene rings is 1. The van der Waals surface area contributed by atoms with Gasteiger partial charge in [-0.05, 0) is 24.1 Å². The Morgan fingerprint density at radius 3 is 2.30 bits per heavy atom. The zero-order valence-electron chi connectivity index (χ0n) is 12.9. The second kappa shape index (κ2) is 8.21. The minimum Gasteiger partial charge on any atom is -0.469 e. The minimum absolute atomic E-state index is 0.131. The molecular weight excluding hydrogens is 312 g/mol. The van der Waals surface area contributed by atoms with Crippen molar-refractivity contribution in [1.82, 2.24) is 5.32 Å². The smallest absolute Gasteiger partial charge is 0.328 e. The first-order valence-electron chi connectivity index (χ1n) is 6.70. The molecule has 0 saturated heterocycles. The van der Waals surface area contributed by atoms with Gasteiger partial charge in [0.25, 0.3) is 5.91 Å². The van der Waals surface area contributed by atoms with Crippen LogP contribution in [0.25, 0.3) is 0 Å². The van der Waals surface area contributed by atoms with E-state index in [9.17, 15) is 23.2 Å². The number of halogens is 2. The van der Waals surface area contributed by atoms with Gasteiger partial charge in [-0.3, -0.25) is 9.59 Å². The lowest BCUT2D eigenvalue weighted by Gasteiger charge is -2.22. The fourth-order valence-corrected chi connectivity index (χ4v) is 1.89. The van der Waals surface area contributed by atoms with E-state index in [0.717, 1.165) is 19.2 Å². The number of ether oxygens (including phenoxy) is 2. The molecule has 1 N–H and O–H groups in total. The number of amides is 1. The highest BCUT2D eigenvalue weighted by molar-refractivity contribution is 5.97. The summed E-state index contributed by atoms with van der Waals surface area (Å²) in [5.74, 6) is -5.02. The molecule has 0 aliphatic carbocycles. The molecule has 0 heterocycles. The van der Waals surface area contributed by atoms with Crippen LogP contribution >= 0.6 is 0 Å². The lowest BCUT2D eigenvalue weighted by Crippen LogP contribution is -2.46. The van der Waals surface area contributed by atoms with Gasteiger partial charge in [0.15, 0.2) is 11.6 Å². The first kappa shape index (κ1) is 18.5. The van der Waals surface area contributed by atoms with E-state index >= 15 is 0 Å². The Hall–Kier alpha value is -2.51. The third-order valence-electron chi connectivity index (χ3n) is 3.21. The van der Waals surface area contributed by atoms with E-state index < -0.39 is 41.4 Å². The zero-order chi connectivity index (χ0) is 17.6. The Bertz CT molecular complexity index is 606. The number of esters is 2. The summed E-state index contributed by atoms with van der Waals surface area (Å²) in [5, 5.41) is 2.35. The lowest BCUT2D eigenvalue weighted by atomic mass is 9.97. The number of hydrogen-bond donors (Lipinski definition) is 1. The molecule has 2 atom stereocenters. The average Bonchev–Trinajstić information content (AvgIpc) is 2.53. The Morgan fingerprint density at radius 2 is 1.78 bits per heavy atom. The number of methoxy groups -OCH3 is 2. The molecule has 8 heteroatoms. The van der Waals surface area contributed by atoms with E-state index in [-0.39, 0.29) is 12.0 Å². The fourth-order valence-electron chi connectivity index (χ4n) is 1.89. The first-order valence-corrected chi connectivity index (χ1v) is 6.70. The van der Waals surface area contributed by atoms with Crippen molar-refractivity contribution in [1.29, 1.82) is 0 Å². The highest BCUT2D eigenvalue weighted by Crippen LogP contribution is 2.13. The van der Waals surface area contributed by atoms with E-state index in [1.165, 1.54) is 7.11 Å². The predicted molar refractivity (Wildman–Crippen MR) is 75.4 cm³/mol. The van der Waals surface area contributed by atoms with Crippen LogP contribution in [0.5, 0.6) is 0 Å². The number of nitrogens with one attached hydrogen (secondary N) is 1. The van der Waals surface area contributed by atoms with Crippen LogP contribution in [0.1, 0.15) is 23.7 Å². The van der Waals surface area contributed by atoms with Crippen LogP contribution in [0, 0.1) is 17.6 Å². The summed E-state index contributed by atoms with van der Waals surface area (Å²) in [6, 6.07) is 1.45. The Kier molecular flexibility index (Phi) is 6.62. The molecule has 0 radical (unpaired) electrons. The van der Waals surface area contributed by atoms with E-state index in [1.54, 1.807) is 6.92 Å². The van der Waals surface area contributed by atoms with Gasteiger partial charge < -0.3 is 14.8 Å². The van der Waals surface area contributed by atoms with Crippen molar-refractivity contribution in [3.05, 3.63) is 35.4 Å². The summed E-state index contributed by atoms with van der Waals surface area (Å²) in [7, 11) is 2.33. The second-order valence-electron chi connectivity index (χ2n) is 4.86. The van der Waals surface area contributed by atoms with Gasteiger partial charge in [0, 0.05) is 5.56 Å². The van der Waals surface area contributed by atoms with Crippen LogP contribution in [0.15, 0.2) is 18.2 Å². The standard InChI is InChI=1S/C15H17F2NO5/c1-8(6-12(19)22-2)13(15(21)23-3)18-14(20)9-4-5-10(16)11(17)7-9/h4-5,7-8,13H,6H2,1-3H3,(H,18,20)/t8-,13-/m0/s1. The predicted octanol–water partition coefficient (Wildman–Crippen LogP) is 1.44. The zero-order valence-corrected chi connectivity index (χ0v) is 12.9. The van der Waals surface area contributed by atoms with Crippen LogP contribution in [-0.4, -0.2) is 38.1 Å². The summed E-state index contributed by atoms with van der Waals surface area (Å²) < 4.78 is 35.2. The van der Waals surface area contributed by atoms with E-state index in [1.807, 2.05) is 0 Å². The second-order valence-corrected chi connectivity index (χ2v) is 4.86. The SMILES string of the molecule is COC(=O)C[C@H](C)[C@H](NC(=O)c1ccc(F)c(F)c1)C(=O)OC. The molecule has 0 aliphatic heterocycles. The Balaban J connectivity index is 2.91. The van der Waals surface area contributed by atoms with Crippen LogP contribution in [0.4, 0.5) is 8.78 Å². The quantitative estimate of drug-likeness (QED) is 0.799. The van der Waals surface area contributed by atoms with Crippen molar-refractivity contribution in [3.63, 3.8) is 0 Å². The maximum atomic E-state index is 13.2. The highest BCUT2D eigenvalue weighted by atomic mass is 19.2. The third-order valence-corrected chi connectivity index (χ3v) is 3.21. The third kappa shape index (κ3) is 5.01. The molecule has 0 aliphatic rings. The fraction of sp³-hybridized carbons (Fsp3) is 0.400. The van der Waals surface area contributed by atoms with Gasteiger partial charge in [-0.1, -0.05) is 6.92 Å². The van der Waals surface area contributed by atoms with Gasteiger partial charge in [-0.2, -0.15) is 0 Å². The Morgan fingerprint density at radius 1 is 1.13 bits per heavy atom. The molecule has 0 fully saturated rings. The van der Waals surface area contributed by atoms with E-state index in [2.05, 4.69) is 14.8 Å². The molecule has 0 aromatic heterocycles. The molecule has 0 unspecified atom stereocenters. The molecule has 0 spiro atoms. The number of hydrogen-bond acceptors (Lipinski definition) is 5. The molecule has 1 aromatic rings. The van der Waals surface area contributed by atoms with Gasteiger partial charge >= 0.3 is 11.9 Å². The molecule has 126 valence electrons. The summed E-state index contributed by atoms with van der Waals surface area (Å²) in [4.78, 5) is 35.2. The number of carbonyl (C=O) groups excluding carboxylic acids is 3. The van der Waals surface area contributed by atoms with Crippen molar-refractivity contribution in [2.75, 3.05) is 14.2 Å². The normalized spacial score (nSPS) is 12.9. The highest BCUT2D eigenvalue weighted by Gasteiger charge is 2.30. The summed E-state index contributed by atoms with van der Waals surface area (Å²) in [6.45, 7) is 1.55. The van der Waals surface area contributed by atoms with Crippen molar-refractivity contribution < 1.29 is 32.6 Å². The van der Waals surface area contributed by atoms with Gasteiger partial charge in [0.2, 0.25) is 0 Å². The van der Waals surface area contributed by atoms with Crippen molar-refractivity contribution >= 4 is 17.8 Å². The van der Waals surface area contributed by atoms with Crippen molar-refractivity contribution in [2.24, 2.45) is 5.92 Å². The molecule has 23 heavy (non-hydrogen) atoms. The largest absolute Gasteiger partial charge is 0.469 e. The maximum absolute atomic E-state index is 13.2. The van der Waals surface area contributed by atoms with Crippen molar-refractivity contribution in [3.8, 4) is 0 Å². The topological polar surface area (TPSA) is 81.7 Å². The molecule has 6 nitrogen and oxygen atoms in total. The molecule has 0 saturated carbocycles. The van der Waals surface area contributed by atoms with Crippen LogP contribution < -0.4 is 5.32 Å². The average molecular weight is 329 g/mol. The lowest BCUT2D eigenvalue weighted by molar-refractivity contribution is -0.146. The number of rotatable bonds is 6. The maximum Gasteiger partial charge on any atom is 0.328 e. The van der Waals surface area contributed by atoms with E-state index in [0.29, 0.717) is 6.07 Å². The van der Waals surface area contributed by atoms with Crippen molar-refractivity contribution in [2.45, 2.75) is 19.4 Å². The van der Waals surface area contributed by atoms with Crippen LogP contribution in [0.3, 0.4) is 0 Å². The molecular formula is C15H17F2NO5. The van der Waals surface area contributed by atoms with Gasteiger partial charge in [-0.25, -0.2) is 13.6 Å².